The molecule has 1 amide bonds. The quantitative estimate of drug-likeness (QED) is 0.580. The molecule has 0 atom stereocenters. The first-order valence-electron chi connectivity index (χ1n) is 8.88. The van der Waals surface area contributed by atoms with Gasteiger partial charge in [0.05, 0.1) is 5.69 Å². The summed E-state index contributed by atoms with van der Waals surface area (Å²) in [6.45, 7) is 1.03. The molecule has 0 unspecified atom stereocenters. The van der Waals surface area contributed by atoms with E-state index in [4.69, 9.17) is 27.9 Å². The topological polar surface area (TPSA) is 90.3 Å². The predicted octanol–water partition coefficient (Wildman–Crippen LogP) is 3.92. The van der Waals surface area contributed by atoms with Gasteiger partial charge in [-0.2, -0.15) is 0 Å². The van der Waals surface area contributed by atoms with Crippen molar-refractivity contribution in [3.8, 4) is 11.3 Å². The van der Waals surface area contributed by atoms with E-state index in [9.17, 15) is 14.4 Å². The van der Waals surface area contributed by atoms with Crippen LogP contribution in [0.15, 0.2) is 59.4 Å². The third-order valence-electron chi connectivity index (χ3n) is 4.07. The molecule has 9 heteroatoms. The third-order valence-corrected chi connectivity index (χ3v) is 4.58. The summed E-state index contributed by atoms with van der Waals surface area (Å²) in [6.07, 6.45) is 0. The van der Waals surface area contributed by atoms with Crippen molar-refractivity contribution in [2.24, 2.45) is 0 Å². The smallest absolute Gasteiger partial charge is 0.326 e. The number of hydrogen-bond donors (Lipinski definition) is 1. The first kappa shape index (κ1) is 21.5. The molecule has 7 nitrogen and oxygen atoms in total. The number of esters is 1. The van der Waals surface area contributed by atoms with Crippen LogP contribution >= 0.6 is 23.2 Å². The summed E-state index contributed by atoms with van der Waals surface area (Å²) in [6, 6.07) is 15.8. The molecule has 1 heterocycles. The Morgan fingerprint density at radius 1 is 1.07 bits per heavy atom. The lowest BCUT2D eigenvalue weighted by Gasteiger charge is -2.15. The first-order valence-corrected chi connectivity index (χ1v) is 9.64. The number of benzene rings is 2. The molecule has 3 rings (SSSR count). The minimum absolute atomic E-state index is 0.0598. The molecular formula is C21H17Cl2N3O4. The molecule has 154 valence electrons. The van der Waals surface area contributed by atoms with E-state index in [1.165, 1.54) is 6.92 Å². The van der Waals surface area contributed by atoms with Crippen molar-refractivity contribution >= 4 is 40.8 Å². The van der Waals surface area contributed by atoms with E-state index in [0.29, 0.717) is 11.3 Å². The number of anilines is 1. The molecule has 1 aromatic heterocycles. The van der Waals surface area contributed by atoms with Gasteiger partial charge in [0, 0.05) is 18.2 Å². The van der Waals surface area contributed by atoms with Crippen LogP contribution in [-0.2, 0) is 27.5 Å². The summed E-state index contributed by atoms with van der Waals surface area (Å²) < 4.78 is 6.38. The molecule has 0 fully saturated rings. The molecule has 0 radical (unpaired) electrons. The Kier molecular flexibility index (Phi) is 6.87. The maximum atomic E-state index is 12.6. The Hall–Kier alpha value is -3.16. The second kappa shape index (κ2) is 9.56. The summed E-state index contributed by atoms with van der Waals surface area (Å²) in [4.78, 5) is 40.2. The number of carbonyl (C=O) groups excluding carboxylic acids is 2. The molecule has 0 spiro atoms. The molecule has 0 saturated heterocycles. The molecule has 0 aliphatic rings. The van der Waals surface area contributed by atoms with Gasteiger partial charge in [0.2, 0.25) is 5.91 Å². The van der Waals surface area contributed by atoms with Gasteiger partial charge >= 0.3 is 5.97 Å². The second-order valence-corrected chi connectivity index (χ2v) is 7.06. The van der Waals surface area contributed by atoms with Crippen LogP contribution in [0.1, 0.15) is 12.5 Å². The lowest BCUT2D eigenvalue weighted by molar-refractivity contribution is -0.145. The van der Waals surface area contributed by atoms with Gasteiger partial charge in [0.15, 0.2) is 10.3 Å². The van der Waals surface area contributed by atoms with Gasteiger partial charge in [-0.25, -0.2) is 4.98 Å². The van der Waals surface area contributed by atoms with E-state index >= 15 is 0 Å². The van der Waals surface area contributed by atoms with Crippen molar-refractivity contribution in [3.63, 3.8) is 0 Å². The monoisotopic (exact) mass is 445 g/mol. The van der Waals surface area contributed by atoms with Crippen LogP contribution in [0.25, 0.3) is 11.3 Å². The minimum atomic E-state index is -0.683. The summed E-state index contributed by atoms with van der Waals surface area (Å²) >= 11 is 12.2. The Labute approximate surface area is 182 Å². The molecule has 1 N–H and O–H groups in total. The fourth-order valence-electron chi connectivity index (χ4n) is 2.80. The zero-order valence-electron chi connectivity index (χ0n) is 15.9. The lowest BCUT2D eigenvalue weighted by Crippen LogP contribution is -2.28. The Morgan fingerprint density at radius 2 is 1.80 bits per heavy atom. The zero-order chi connectivity index (χ0) is 21.7. The van der Waals surface area contributed by atoms with Crippen LogP contribution in [0, 0.1) is 0 Å². The number of ether oxygens (including phenoxy) is 1. The van der Waals surface area contributed by atoms with Crippen LogP contribution in [0.5, 0.6) is 0 Å². The van der Waals surface area contributed by atoms with Gasteiger partial charge in [-0.05, 0) is 17.7 Å². The number of rotatable bonds is 6. The first-order chi connectivity index (χ1) is 14.3. The van der Waals surface area contributed by atoms with Crippen molar-refractivity contribution in [2.75, 3.05) is 5.32 Å². The number of nitrogens with one attached hydrogen (secondary N) is 1. The molecule has 0 saturated carbocycles. The van der Waals surface area contributed by atoms with Crippen LogP contribution in [0.3, 0.4) is 0 Å². The molecular weight excluding hydrogens is 429 g/mol. The predicted molar refractivity (Wildman–Crippen MR) is 114 cm³/mol. The molecule has 0 bridgehead atoms. The number of aromatic nitrogens is 2. The maximum absolute atomic E-state index is 12.6. The highest BCUT2D eigenvalue weighted by molar-refractivity contribution is 6.33. The van der Waals surface area contributed by atoms with Gasteiger partial charge in [0.25, 0.3) is 5.56 Å². The van der Waals surface area contributed by atoms with E-state index in [1.54, 1.807) is 24.3 Å². The standard InChI is InChI=1S/C21H17Cl2N3O4/c1-13(27)24-16-9-5-8-15(10-16)18-19(22)25-20(23)21(29)26(18)11-17(28)30-12-14-6-3-2-4-7-14/h2-10H,11-12H2,1H3,(H,24,27). The summed E-state index contributed by atoms with van der Waals surface area (Å²) in [5, 5.41) is 2.23. The molecule has 3 aromatic rings. The van der Waals surface area contributed by atoms with Crippen LogP contribution in [0.2, 0.25) is 10.3 Å². The second-order valence-electron chi connectivity index (χ2n) is 6.34. The van der Waals surface area contributed by atoms with Gasteiger partial charge in [-0.1, -0.05) is 65.7 Å². The van der Waals surface area contributed by atoms with E-state index < -0.39 is 18.1 Å². The lowest BCUT2D eigenvalue weighted by atomic mass is 10.1. The van der Waals surface area contributed by atoms with Gasteiger partial charge in [0.1, 0.15) is 13.2 Å². The highest BCUT2D eigenvalue weighted by Crippen LogP contribution is 2.28. The molecule has 0 aliphatic heterocycles. The van der Waals surface area contributed by atoms with Crippen molar-refractivity contribution in [1.82, 2.24) is 9.55 Å². The van der Waals surface area contributed by atoms with E-state index in [0.717, 1.165) is 10.1 Å². The van der Waals surface area contributed by atoms with Crippen LogP contribution in [-0.4, -0.2) is 21.4 Å². The number of carbonyl (C=O) groups is 2. The van der Waals surface area contributed by atoms with Crippen LogP contribution in [0.4, 0.5) is 5.69 Å². The highest BCUT2D eigenvalue weighted by Gasteiger charge is 2.19. The van der Waals surface area contributed by atoms with Crippen molar-refractivity contribution in [3.05, 3.63) is 80.8 Å². The zero-order valence-corrected chi connectivity index (χ0v) is 17.4. The average Bonchev–Trinajstić information content (AvgIpc) is 2.71. The fraction of sp³-hybridized carbons (Fsp3) is 0.143. The number of hydrogen-bond acceptors (Lipinski definition) is 5. The van der Waals surface area contributed by atoms with Crippen molar-refractivity contribution in [2.45, 2.75) is 20.1 Å². The maximum Gasteiger partial charge on any atom is 0.326 e. The Morgan fingerprint density at radius 3 is 2.50 bits per heavy atom. The van der Waals surface area contributed by atoms with Crippen LogP contribution < -0.4 is 10.9 Å². The summed E-state index contributed by atoms with van der Waals surface area (Å²) in [7, 11) is 0. The van der Waals surface area contributed by atoms with Crippen molar-refractivity contribution in [1.29, 1.82) is 0 Å². The number of nitrogens with zero attached hydrogens (tertiary/aromatic N) is 2. The molecule has 30 heavy (non-hydrogen) atoms. The Bertz CT molecular complexity index is 1150. The number of halogens is 2. The molecule has 0 aliphatic carbocycles. The molecule has 2 aromatic carbocycles. The van der Waals surface area contributed by atoms with Crippen molar-refractivity contribution < 1.29 is 14.3 Å². The van der Waals surface area contributed by atoms with Gasteiger partial charge in [-0.15, -0.1) is 0 Å². The van der Waals surface area contributed by atoms with Gasteiger partial charge < -0.3 is 10.1 Å². The largest absolute Gasteiger partial charge is 0.459 e. The normalized spacial score (nSPS) is 10.5. The average molecular weight is 446 g/mol. The van der Waals surface area contributed by atoms with Gasteiger partial charge in [-0.3, -0.25) is 19.0 Å². The minimum Gasteiger partial charge on any atom is -0.459 e. The summed E-state index contributed by atoms with van der Waals surface area (Å²) in [5.41, 5.74) is 1.29. The Balaban J connectivity index is 1.93. The highest BCUT2D eigenvalue weighted by atomic mass is 35.5. The SMILES string of the molecule is CC(=O)Nc1cccc(-c2c(Cl)nc(Cl)c(=O)n2CC(=O)OCc2ccccc2)c1. The van der Waals surface area contributed by atoms with E-state index in [-0.39, 0.29) is 28.5 Å². The summed E-state index contributed by atoms with van der Waals surface area (Å²) in [5.74, 6) is -0.895. The fourth-order valence-corrected chi connectivity index (χ4v) is 3.32. The van der Waals surface area contributed by atoms with E-state index in [1.807, 2.05) is 30.3 Å². The van der Waals surface area contributed by atoms with E-state index in [2.05, 4.69) is 10.3 Å². The number of amides is 1. The third kappa shape index (κ3) is 5.25.